The Morgan fingerprint density at radius 2 is 1.75 bits per heavy atom. The minimum atomic E-state index is 0.593. The molecule has 0 radical (unpaired) electrons. The molecular weight excluding hydrogens is 370 g/mol. The number of guanidine groups is 1. The van der Waals surface area contributed by atoms with Gasteiger partial charge in [0.1, 0.15) is 0 Å². The first kappa shape index (κ1) is 18.1. The molecule has 0 aliphatic rings. The second kappa shape index (κ2) is 9.17. The van der Waals surface area contributed by atoms with Crippen LogP contribution in [-0.2, 0) is 6.54 Å². The zero-order chi connectivity index (χ0) is 17.4. The summed E-state index contributed by atoms with van der Waals surface area (Å²) in [5.41, 5.74) is 2.02. The maximum Gasteiger partial charge on any atom is 0.196 e. The highest BCUT2D eigenvalue weighted by atomic mass is 79.9. The number of hydrogen-bond donors (Lipinski definition) is 2. The summed E-state index contributed by atoms with van der Waals surface area (Å²) >= 11 is 3.44. The van der Waals surface area contributed by atoms with Crippen molar-refractivity contribution in [2.75, 3.05) is 26.1 Å². The van der Waals surface area contributed by atoms with Gasteiger partial charge in [-0.1, -0.05) is 28.1 Å². The minimum Gasteiger partial charge on any atom is -0.493 e. The lowest BCUT2D eigenvalue weighted by Gasteiger charge is -2.14. The second-order valence-electron chi connectivity index (χ2n) is 5.02. The van der Waals surface area contributed by atoms with E-state index in [4.69, 9.17) is 9.47 Å². The maximum absolute atomic E-state index is 5.33. The van der Waals surface area contributed by atoms with Crippen LogP contribution in [0.4, 0.5) is 5.69 Å². The van der Waals surface area contributed by atoms with Crippen molar-refractivity contribution in [2.45, 2.75) is 13.5 Å². The summed E-state index contributed by atoms with van der Waals surface area (Å²) in [4.78, 5) is 4.61. The molecule has 0 spiro atoms. The van der Waals surface area contributed by atoms with Gasteiger partial charge in [-0.3, -0.25) is 0 Å². The first-order valence-electron chi connectivity index (χ1n) is 7.68. The van der Waals surface area contributed by atoms with Crippen LogP contribution in [0.25, 0.3) is 0 Å². The zero-order valence-electron chi connectivity index (χ0n) is 14.1. The summed E-state index contributed by atoms with van der Waals surface area (Å²) < 4.78 is 11.6. The third-order valence-corrected chi connectivity index (χ3v) is 3.85. The number of methoxy groups -OCH3 is 2. The summed E-state index contributed by atoms with van der Waals surface area (Å²) in [7, 11) is 3.24. The largest absolute Gasteiger partial charge is 0.493 e. The van der Waals surface area contributed by atoms with Gasteiger partial charge in [0.25, 0.3) is 0 Å². The lowest BCUT2D eigenvalue weighted by Crippen LogP contribution is -2.30. The van der Waals surface area contributed by atoms with E-state index in [-0.39, 0.29) is 0 Å². The van der Waals surface area contributed by atoms with E-state index in [9.17, 15) is 0 Å². The molecule has 0 aromatic heterocycles. The van der Waals surface area contributed by atoms with Gasteiger partial charge in [0.2, 0.25) is 0 Å². The van der Waals surface area contributed by atoms with Crippen molar-refractivity contribution in [3.63, 3.8) is 0 Å². The van der Waals surface area contributed by atoms with Crippen LogP contribution in [0, 0.1) is 0 Å². The highest BCUT2D eigenvalue weighted by Crippen LogP contribution is 2.29. The molecule has 0 aliphatic heterocycles. The molecule has 2 N–H and O–H groups in total. The third kappa shape index (κ3) is 5.16. The van der Waals surface area contributed by atoms with E-state index in [2.05, 4.69) is 31.6 Å². The van der Waals surface area contributed by atoms with E-state index in [0.29, 0.717) is 24.0 Å². The average Bonchev–Trinajstić information content (AvgIpc) is 2.61. The van der Waals surface area contributed by atoms with Crippen LogP contribution in [0.1, 0.15) is 12.5 Å². The van der Waals surface area contributed by atoms with Gasteiger partial charge in [0, 0.05) is 22.8 Å². The molecule has 2 aromatic carbocycles. The van der Waals surface area contributed by atoms with Gasteiger partial charge >= 0.3 is 0 Å². The van der Waals surface area contributed by atoms with Gasteiger partial charge < -0.3 is 20.1 Å². The van der Waals surface area contributed by atoms with Crippen LogP contribution < -0.4 is 20.1 Å². The van der Waals surface area contributed by atoms with Crippen LogP contribution >= 0.6 is 15.9 Å². The van der Waals surface area contributed by atoms with E-state index in [1.54, 1.807) is 14.2 Å². The lowest BCUT2D eigenvalue weighted by atomic mass is 10.2. The number of aliphatic imine (C=N–C) groups is 1. The molecule has 0 bridgehead atoms. The lowest BCUT2D eigenvalue weighted by molar-refractivity contribution is 0.355. The maximum atomic E-state index is 5.33. The Labute approximate surface area is 151 Å². The number of anilines is 1. The third-order valence-electron chi connectivity index (χ3n) is 3.32. The second-order valence-corrected chi connectivity index (χ2v) is 5.93. The zero-order valence-corrected chi connectivity index (χ0v) is 15.7. The molecule has 0 saturated carbocycles. The highest BCUT2D eigenvalue weighted by molar-refractivity contribution is 9.10. The number of halogens is 1. The number of nitrogens with one attached hydrogen (secondary N) is 2. The first-order chi connectivity index (χ1) is 11.7. The monoisotopic (exact) mass is 391 g/mol. The van der Waals surface area contributed by atoms with Crippen molar-refractivity contribution < 1.29 is 9.47 Å². The van der Waals surface area contributed by atoms with Gasteiger partial charge in [0.15, 0.2) is 17.5 Å². The SMILES string of the molecule is CCNC(=NCc1ccc(Br)cc1)Nc1ccc(OC)c(OC)c1. The molecular formula is C18H22BrN3O2. The fourth-order valence-corrected chi connectivity index (χ4v) is 2.38. The molecule has 6 heteroatoms. The Kier molecular flexibility index (Phi) is 6.93. The predicted octanol–water partition coefficient (Wildman–Crippen LogP) is 4.04. The van der Waals surface area contributed by atoms with Crippen LogP contribution in [0.15, 0.2) is 51.9 Å². The number of ether oxygens (including phenoxy) is 2. The van der Waals surface area contributed by atoms with Gasteiger partial charge in [0.05, 0.1) is 20.8 Å². The molecule has 0 unspecified atom stereocenters. The first-order valence-corrected chi connectivity index (χ1v) is 8.47. The predicted molar refractivity (Wildman–Crippen MR) is 102 cm³/mol. The summed E-state index contributed by atoms with van der Waals surface area (Å²) in [5, 5.41) is 6.52. The Bertz CT molecular complexity index is 687. The quantitative estimate of drug-likeness (QED) is 0.576. The topological polar surface area (TPSA) is 54.9 Å². The summed E-state index contributed by atoms with van der Waals surface area (Å²) in [6.45, 7) is 3.40. The van der Waals surface area contributed by atoms with Gasteiger partial charge in [-0.2, -0.15) is 0 Å². The van der Waals surface area contributed by atoms with Crippen molar-refractivity contribution in [1.82, 2.24) is 5.32 Å². The minimum absolute atomic E-state index is 0.593. The molecule has 0 fully saturated rings. The molecule has 0 amide bonds. The molecule has 0 heterocycles. The Morgan fingerprint density at radius 1 is 1.04 bits per heavy atom. The van der Waals surface area contributed by atoms with Crippen LogP contribution in [0.5, 0.6) is 11.5 Å². The van der Waals surface area contributed by atoms with Crippen molar-refractivity contribution in [1.29, 1.82) is 0 Å². The molecule has 5 nitrogen and oxygen atoms in total. The number of nitrogens with zero attached hydrogens (tertiary/aromatic N) is 1. The Hall–Kier alpha value is -2.21. The smallest absolute Gasteiger partial charge is 0.196 e. The van der Waals surface area contributed by atoms with E-state index in [1.807, 2.05) is 49.4 Å². The standard InChI is InChI=1S/C18H22BrN3O2/c1-4-20-18(21-12-13-5-7-14(19)8-6-13)22-15-9-10-16(23-2)17(11-15)24-3/h5-11H,4,12H2,1-3H3,(H2,20,21,22). The summed E-state index contributed by atoms with van der Waals surface area (Å²) in [5.74, 6) is 2.08. The molecule has 24 heavy (non-hydrogen) atoms. The van der Waals surface area contributed by atoms with E-state index < -0.39 is 0 Å². The van der Waals surface area contributed by atoms with E-state index in [1.165, 1.54) is 0 Å². The number of hydrogen-bond acceptors (Lipinski definition) is 3. The van der Waals surface area contributed by atoms with Crippen LogP contribution in [0.3, 0.4) is 0 Å². The van der Waals surface area contributed by atoms with Crippen molar-refractivity contribution in [2.24, 2.45) is 4.99 Å². The summed E-state index contributed by atoms with van der Waals surface area (Å²) in [6, 6.07) is 13.8. The highest BCUT2D eigenvalue weighted by Gasteiger charge is 2.06. The molecule has 0 atom stereocenters. The summed E-state index contributed by atoms with van der Waals surface area (Å²) in [6.07, 6.45) is 0. The Balaban J connectivity index is 2.12. The van der Waals surface area contributed by atoms with Gasteiger partial charge in [-0.05, 0) is 36.8 Å². The van der Waals surface area contributed by atoms with Gasteiger partial charge in [-0.15, -0.1) is 0 Å². The molecule has 0 aliphatic carbocycles. The molecule has 0 saturated heterocycles. The van der Waals surface area contributed by atoms with Crippen LogP contribution in [0.2, 0.25) is 0 Å². The van der Waals surface area contributed by atoms with Crippen molar-refractivity contribution >= 4 is 27.6 Å². The van der Waals surface area contributed by atoms with Gasteiger partial charge in [-0.25, -0.2) is 4.99 Å². The average molecular weight is 392 g/mol. The number of rotatable bonds is 6. The molecule has 128 valence electrons. The molecule has 2 aromatic rings. The number of benzene rings is 2. The normalized spacial score (nSPS) is 11.1. The van der Waals surface area contributed by atoms with E-state index in [0.717, 1.165) is 22.3 Å². The molecule has 2 rings (SSSR count). The fourth-order valence-electron chi connectivity index (χ4n) is 2.12. The van der Waals surface area contributed by atoms with Crippen molar-refractivity contribution in [3.05, 3.63) is 52.5 Å². The Morgan fingerprint density at radius 3 is 2.38 bits per heavy atom. The van der Waals surface area contributed by atoms with Crippen LogP contribution in [-0.4, -0.2) is 26.7 Å². The fraction of sp³-hybridized carbons (Fsp3) is 0.278. The van der Waals surface area contributed by atoms with E-state index >= 15 is 0 Å². The van der Waals surface area contributed by atoms with Crippen molar-refractivity contribution in [3.8, 4) is 11.5 Å².